The Morgan fingerprint density at radius 2 is 2.08 bits per heavy atom. The van der Waals surface area contributed by atoms with Crippen LogP contribution in [0.25, 0.3) is 0 Å². The number of carbonyl (C=O) groups excluding carboxylic acids is 2. The lowest BCUT2D eigenvalue weighted by atomic mass is 10.2. The molecule has 136 valence electrons. The molecule has 1 aliphatic rings. The zero-order valence-corrected chi connectivity index (χ0v) is 16.3. The molecule has 6 nitrogen and oxygen atoms in total. The Balaban J connectivity index is 1.71. The Labute approximate surface area is 157 Å². The maximum Gasteiger partial charge on any atom is 0.238 e. The molecule has 1 heterocycles. The Hall–Kier alpha value is -1.45. The number of thioether (sulfide) groups is 1. The minimum atomic E-state index is -3.30. The smallest absolute Gasteiger partial charge is 0.238 e. The van der Waals surface area contributed by atoms with Gasteiger partial charge in [0.15, 0.2) is 9.84 Å². The predicted molar refractivity (Wildman–Crippen MR) is 103 cm³/mol. The van der Waals surface area contributed by atoms with E-state index in [1.807, 2.05) is 0 Å². The number of carbonyl (C=O) groups is 2. The van der Waals surface area contributed by atoms with Crippen molar-refractivity contribution in [2.24, 2.45) is 0 Å². The van der Waals surface area contributed by atoms with Crippen molar-refractivity contribution in [1.82, 2.24) is 4.90 Å². The molecule has 0 bridgehead atoms. The molecule has 1 N–H and O–H groups in total. The first-order chi connectivity index (χ1) is 11.8. The van der Waals surface area contributed by atoms with E-state index in [2.05, 4.69) is 5.32 Å². The summed E-state index contributed by atoms with van der Waals surface area (Å²) < 4.78 is 23.7. The van der Waals surface area contributed by atoms with Gasteiger partial charge in [0.25, 0.3) is 0 Å². The second-order valence-electron chi connectivity index (χ2n) is 5.76. The molecule has 1 fully saturated rings. The number of hydrogen-bond acceptors (Lipinski definition) is 6. The van der Waals surface area contributed by atoms with E-state index < -0.39 is 9.84 Å². The summed E-state index contributed by atoms with van der Waals surface area (Å²) in [5.41, 5.74) is 0.470. The molecule has 2 amide bonds. The van der Waals surface area contributed by atoms with E-state index >= 15 is 0 Å². The summed E-state index contributed by atoms with van der Waals surface area (Å²) in [6.07, 6.45) is 3.77. The van der Waals surface area contributed by atoms with Crippen molar-refractivity contribution >= 4 is 55.6 Å². The first kappa shape index (κ1) is 19.9. The van der Waals surface area contributed by atoms with Crippen molar-refractivity contribution in [3.05, 3.63) is 24.3 Å². The van der Waals surface area contributed by atoms with Crippen molar-refractivity contribution < 1.29 is 18.0 Å². The number of thiocarbonyl (C=S) groups is 1. The fourth-order valence-electron chi connectivity index (χ4n) is 2.36. The van der Waals surface area contributed by atoms with Crippen LogP contribution < -0.4 is 5.32 Å². The first-order valence-corrected chi connectivity index (χ1v) is 11.1. The van der Waals surface area contributed by atoms with Crippen molar-refractivity contribution in [3.63, 3.8) is 0 Å². The minimum absolute atomic E-state index is 0.0542. The summed E-state index contributed by atoms with van der Waals surface area (Å²) in [6, 6.07) is 6.20. The van der Waals surface area contributed by atoms with Gasteiger partial charge in [-0.2, -0.15) is 0 Å². The Morgan fingerprint density at radius 1 is 1.32 bits per heavy atom. The van der Waals surface area contributed by atoms with Crippen molar-refractivity contribution in [2.75, 3.05) is 23.9 Å². The molecule has 1 aliphatic heterocycles. The molecular weight excluding hydrogens is 380 g/mol. The van der Waals surface area contributed by atoms with Crippen LogP contribution >= 0.6 is 24.0 Å². The van der Waals surface area contributed by atoms with E-state index in [1.54, 1.807) is 17.0 Å². The van der Waals surface area contributed by atoms with E-state index in [9.17, 15) is 18.0 Å². The van der Waals surface area contributed by atoms with Crippen molar-refractivity contribution in [3.8, 4) is 0 Å². The fraction of sp³-hybridized carbons (Fsp3) is 0.438. The molecule has 0 unspecified atom stereocenters. The molecule has 0 spiro atoms. The number of hydrogen-bond donors (Lipinski definition) is 1. The molecule has 0 aromatic heterocycles. The lowest BCUT2D eigenvalue weighted by Gasteiger charge is -2.14. The molecule has 0 aliphatic carbocycles. The van der Waals surface area contributed by atoms with E-state index in [0.717, 1.165) is 19.1 Å². The maximum atomic E-state index is 11.9. The Kier molecular flexibility index (Phi) is 6.97. The monoisotopic (exact) mass is 400 g/mol. The summed E-state index contributed by atoms with van der Waals surface area (Å²) >= 11 is 6.49. The number of anilines is 1. The van der Waals surface area contributed by atoms with E-state index in [0.29, 0.717) is 35.1 Å². The van der Waals surface area contributed by atoms with Gasteiger partial charge in [0.1, 0.15) is 4.32 Å². The third-order valence-corrected chi connectivity index (χ3v) is 6.21. The SMILES string of the molecule is CS(=O)(=O)c1cccc(NC(=O)CCCCCN2C(=O)CSC2=S)c1. The van der Waals surface area contributed by atoms with Crippen LogP contribution in [0.2, 0.25) is 0 Å². The number of amides is 2. The highest BCUT2D eigenvalue weighted by Crippen LogP contribution is 2.20. The van der Waals surface area contributed by atoms with Gasteiger partial charge in [-0.3, -0.25) is 14.5 Å². The minimum Gasteiger partial charge on any atom is -0.326 e. The van der Waals surface area contributed by atoms with Crippen molar-refractivity contribution in [2.45, 2.75) is 30.6 Å². The molecule has 2 rings (SSSR count). The summed E-state index contributed by atoms with van der Waals surface area (Å²) in [6.45, 7) is 0.600. The van der Waals surface area contributed by atoms with Gasteiger partial charge >= 0.3 is 0 Å². The quantitative estimate of drug-likeness (QED) is 0.533. The normalized spacial score (nSPS) is 14.8. The molecular formula is C16H20N2O4S3. The number of nitrogens with zero attached hydrogens (tertiary/aromatic N) is 1. The average molecular weight is 401 g/mol. The zero-order chi connectivity index (χ0) is 18.4. The van der Waals surface area contributed by atoms with Gasteiger partial charge in [-0.05, 0) is 31.0 Å². The maximum absolute atomic E-state index is 11.9. The van der Waals surface area contributed by atoms with Crippen LogP contribution in [0, 0.1) is 0 Å². The fourth-order valence-corrected chi connectivity index (χ4v) is 4.15. The predicted octanol–water partition coefficient (Wildman–Crippen LogP) is 2.45. The van der Waals surface area contributed by atoms with Crippen LogP contribution in [0.3, 0.4) is 0 Å². The third-order valence-electron chi connectivity index (χ3n) is 3.67. The summed E-state index contributed by atoms with van der Waals surface area (Å²) in [5, 5.41) is 2.71. The van der Waals surface area contributed by atoms with Gasteiger partial charge in [-0.1, -0.05) is 36.5 Å². The van der Waals surface area contributed by atoms with Crippen LogP contribution in [0.1, 0.15) is 25.7 Å². The van der Waals surface area contributed by atoms with Crippen LogP contribution in [0.4, 0.5) is 5.69 Å². The van der Waals surface area contributed by atoms with Gasteiger partial charge in [0.05, 0.1) is 10.6 Å². The molecule has 1 aromatic carbocycles. The second-order valence-corrected chi connectivity index (χ2v) is 9.38. The molecule has 9 heteroatoms. The van der Waals surface area contributed by atoms with Crippen molar-refractivity contribution in [1.29, 1.82) is 0 Å². The number of benzene rings is 1. The number of sulfone groups is 1. The van der Waals surface area contributed by atoms with E-state index in [-0.39, 0.29) is 16.7 Å². The molecule has 0 radical (unpaired) electrons. The first-order valence-electron chi connectivity index (χ1n) is 7.84. The van der Waals surface area contributed by atoms with Crippen LogP contribution in [-0.4, -0.2) is 48.0 Å². The number of nitrogens with one attached hydrogen (secondary N) is 1. The molecule has 1 saturated heterocycles. The van der Waals surface area contributed by atoms with Gasteiger partial charge in [0.2, 0.25) is 11.8 Å². The summed E-state index contributed by atoms with van der Waals surface area (Å²) in [7, 11) is -3.30. The van der Waals surface area contributed by atoms with Gasteiger partial charge in [0, 0.05) is 24.9 Å². The van der Waals surface area contributed by atoms with Gasteiger partial charge < -0.3 is 5.32 Å². The standard InChI is InChI=1S/C16H20N2O4S3/c1-25(21,22)13-7-5-6-12(10-13)17-14(19)8-3-2-4-9-18-15(20)11-24-16(18)23/h5-7,10H,2-4,8-9,11H2,1H3,(H,17,19). The van der Waals surface area contributed by atoms with E-state index in [1.165, 1.54) is 23.9 Å². The highest BCUT2D eigenvalue weighted by Gasteiger charge is 2.25. The zero-order valence-electron chi connectivity index (χ0n) is 13.9. The Bertz CT molecular complexity index is 761. The average Bonchev–Trinajstić information content (AvgIpc) is 2.85. The highest BCUT2D eigenvalue weighted by molar-refractivity contribution is 8.23. The highest BCUT2D eigenvalue weighted by atomic mass is 32.2. The lowest BCUT2D eigenvalue weighted by Crippen LogP contribution is -2.29. The number of rotatable bonds is 8. The molecule has 1 aromatic rings. The third kappa shape index (κ3) is 6.09. The van der Waals surface area contributed by atoms with Gasteiger partial charge in [-0.15, -0.1) is 0 Å². The van der Waals surface area contributed by atoms with Crippen LogP contribution in [0.15, 0.2) is 29.2 Å². The van der Waals surface area contributed by atoms with E-state index in [4.69, 9.17) is 12.2 Å². The molecule has 25 heavy (non-hydrogen) atoms. The van der Waals surface area contributed by atoms with Gasteiger partial charge in [-0.25, -0.2) is 8.42 Å². The molecule has 0 saturated carbocycles. The largest absolute Gasteiger partial charge is 0.326 e. The summed E-state index contributed by atoms with van der Waals surface area (Å²) in [4.78, 5) is 25.3. The molecule has 0 atom stereocenters. The lowest BCUT2D eigenvalue weighted by molar-refractivity contribution is -0.124. The summed E-state index contributed by atoms with van der Waals surface area (Å²) in [5.74, 6) is 0.320. The number of unbranched alkanes of at least 4 members (excludes halogenated alkanes) is 2. The second kappa shape index (κ2) is 8.77. The Morgan fingerprint density at radius 3 is 2.72 bits per heavy atom. The topological polar surface area (TPSA) is 83.6 Å². The van der Waals surface area contributed by atoms with Crippen LogP contribution in [0.5, 0.6) is 0 Å². The van der Waals surface area contributed by atoms with Crippen LogP contribution in [-0.2, 0) is 19.4 Å².